The summed E-state index contributed by atoms with van der Waals surface area (Å²) < 4.78 is 10.5. The molecule has 0 heterocycles. The number of nitro groups is 1. The van der Waals surface area contributed by atoms with Crippen molar-refractivity contribution in [3.8, 4) is 5.75 Å². The molecule has 2 rings (SSSR count). The fourth-order valence-electron chi connectivity index (χ4n) is 2.19. The number of rotatable bonds is 6. The fourth-order valence-corrected chi connectivity index (χ4v) is 2.19. The molecule has 7 heteroatoms. The predicted molar refractivity (Wildman–Crippen MR) is 86.3 cm³/mol. The zero-order valence-electron chi connectivity index (χ0n) is 13.2. The number of non-ortho nitro benzene ring substituents is 1. The van der Waals surface area contributed by atoms with Crippen molar-refractivity contribution in [3.05, 3.63) is 69.8 Å². The van der Waals surface area contributed by atoms with Gasteiger partial charge in [-0.1, -0.05) is 12.1 Å². The predicted octanol–water partition coefficient (Wildman–Crippen LogP) is 4.17. The van der Waals surface area contributed by atoms with E-state index in [0.717, 1.165) is 0 Å². The van der Waals surface area contributed by atoms with E-state index in [1.165, 1.54) is 24.3 Å². The minimum Gasteiger partial charge on any atom is -0.491 e. The third-order valence-corrected chi connectivity index (χ3v) is 3.18. The highest BCUT2D eigenvalue weighted by atomic mass is 16.7. The number of benzene rings is 2. The highest BCUT2D eigenvalue weighted by Crippen LogP contribution is 2.29. The molecule has 0 aliphatic rings. The number of carbonyl (C=O) groups is 1. The van der Waals surface area contributed by atoms with Gasteiger partial charge in [0.2, 0.25) is 0 Å². The summed E-state index contributed by atoms with van der Waals surface area (Å²) in [6, 6.07) is 12.4. The molecule has 1 N–H and O–H groups in total. The quantitative estimate of drug-likeness (QED) is 0.484. The van der Waals surface area contributed by atoms with Crippen LogP contribution in [0.5, 0.6) is 5.75 Å². The zero-order valence-corrected chi connectivity index (χ0v) is 13.2. The van der Waals surface area contributed by atoms with E-state index in [4.69, 9.17) is 14.6 Å². The van der Waals surface area contributed by atoms with Crippen molar-refractivity contribution in [3.63, 3.8) is 0 Å². The Balaban J connectivity index is 2.30. The van der Waals surface area contributed by atoms with E-state index in [0.29, 0.717) is 16.9 Å². The van der Waals surface area contributed by atoms with Crippen LogP contribution in [0.15, 0.2) is 48.5 Å². The number of carboxylic acid groups (broad SMARTS) is 1. The molecule has 0 amide bonds. The molecule has 1 atom stereocenters. The smallest absolute Gasteiger partial charge is 0.491 e. The summed E-state index contributed by atoms with van der Waals surface area (Å²) in [6.45, 7) is 3.81. The van der Waals surface area contributed by atoms with Gasteiger partial charge in [-0.15, -0.1) is 0 Å². The number of nitrogens with zero attached hydrogens (tertiary/aromatic N) is 1. The molecule has 7 nitrogen and oxygen atoms in total. The van der Waals surface area contributed by atoms with Crippen molar-refractivity contribution in [2.45, 2.75) is 26.1 Å². The van der Waals surface area contributed by atoms with Gasteiger partial charge in [-0.25, -0.2) is 4.79 Å². The van der Waals surface area contributed by atoms with E-state index in [2.05, 4.69) is 0 Å². The normalized spacial score (nSPS) is 11.8. The van der Waals surface area contributed by atoms with Gasteiger partial charge in [-0.3, -0.25) is 10.1 Å². The molecule has 2 aromatic rings. The minimum absolute atomic E-state index is 0.0246. The lowest BCUT2D eigenvalue weighted by Gasteiger charge is -2.17. The highest BCUT2D eigenvalue weighted by Gasteiger charge is 2.20. The number of nitro benzene ring substituents is 1. The van der Waals surface area contributed by atoms with Gasteiger partial charge < -0.3 is 14.6 Å². The van der Waals surface area contributed by atoms with Crippen LogP contribution in [-0.4, -0.2) is 22.3 Å². The van der Waals surface area contributed by atoms with Crippen molar-refractivity contribution in [1.82, 2.24) is 0 Å². The van der Waals surface area contributed by atoms with E-state index in [1.807, 2.05) is 13.8 Å². The zero-order chi connectivity index (χ0) is 17.7. The second-order valence-corrected chi connectivity index (χ2v) is 5.35. The summed E-state index contributed by atoms with van der Waals surface area (Å²) in [5.41, 5.74) is 1.02. The van der Waals surface area contributed by atoms with Crippen LogP contribution in [-0.2, 0) is 4.74 Å². The van der Waals surface area contributed by atoms with E-state index in [1.54, 1.807) is 24.3 Å². The summed E-state index contributed by atoms with van der Waals surface area (Å²) in [5, 5.41) is 19.7. The van der Waals surface area contributed by atoms with Crippen molar-refractivity contribution >= 4 is 11.8 Å². The Bertz CT molecular complexity index is 709. The molecule has 24 heavy (non-hydrogen) atoms. The standard InChI is InChI=1S/C17H17NO6/c1-11(2)23-15-9-5-13(6-10-15)16(24-17(19)20)12-3-7-14(8-4-12)18(21)22/h3-11,16H,1-2H3,(H,19,20). The number of hydrogen-bond donors (Lipinski definition) is 1. The van der Waals surface area contributed by atoms with Gasteiger partial charge in [0.15, 0.2) is 6.10 Å². The van der Waals surface area contributed by atoms with Crippen LogP contribution in [0.25, 0.3) is 0 Å². The molecule has 0 aliphatic carbocycles. The van der Waals surface area contributed by atoms with Gasteiger partial charge in [-0.05, 0) is 49.2 Å². The molecule has 0 fully saturated rings. The Hall–Kier alpha value is -3.09. The molecule has 126 valence electrons. The molecule has 0 saturated heterocycles. The molecular weight excluding hydrogens is 314 g/mol. The summed E-state index contributed by atoms with van der Waals surface area (Å²) in [7, 11) is 0. The second kappa shape index (κ2) is 7.45. The molecule has 0 saturated carbocycles. The Morgan fingerprint density at radius 2 is 1.54 bits per heavy atom. The molecule has 0 spiro atoms. The largest absolute Gasteiger partial charge is 0.506 e. The SMILES string of the molecule is CC(C)Oc1ccc(C(OC(=O)O)c2ccc([N+](=O)[O-])cc2)cc1. The van der Waals surface area contributed by atoms with E-state index in [-0.39, 0.29) is 11.8 Å². The third kappa shape index (κ3) is 4.45. The van der Waals surface area contributed by atoms with Gasteiger partial charge in [0.1, 0.15) is 5.75 Å². The Kier molecular flexibility index (Phi) is 5.36. The van der Waals surface area contributed by atoms with Crippen LogP contribution in [0.4, 0.5) is 10.5 Å². The lowest BCUT2D eigenvalue weighted by atomic mass is 10.0. The van der Waals surface area contributed by atoms with Crippen LogP contribution in [0, 0.1) is 10.1 Å². The highest BCUT2D eigenvalue weighted by molar-refractivity contribution is 5.58. The maximum absolute atomic E-state index is 11.0. The lowest BCUT2D eigenvalue weighted by Crippen LogP contribution is -2.11. The molecule has 0 aliphatic heterocycles. The topological polar surface area (TPSA) is 98.9 Å². The fraction of sp³-hybridized carbons (Fsp3) is 0.235. The van der Waals surface area contributed by atoms with Gasteiger partial charge in [0.25, 0.3) is 5.69 Å². The van der Waals surface area contributed by atoms with Crippen LogP contribution in [0.3, 0.4) is 0 Å². The van der Waals surface area contributed by atoms with E-state index >= 15 is 0 Å². The summed E-state index contributed by atoms with van der Waals surface area (Å²) in [6.07, 6.45) is -2.28. The summed E-state index contributed by atoms with van der Waals surface area (Å²) in [4.78, 5) is 21.2. The van der Waals surface area contributed by atoms with Crippen molar-refractivity contribution in [2.24, 2.45) is 0 Å². The van der Waals surface area contributed by atoms with E-state index in [9.17, 15) is 14.9 Å². The van der Waals surface area contributed by atoms with Crippen LogP contribution >= 0.6 is 0 Å². The Morgan fingerprint density at radius 1 is 1.04 bits per heavy atom. The maximum Gasteiger partial charge on any atom is 0.506 e. The molecule has 0 bridgehead atoms. The Morgan fingerprint density at radius 3 is 1.96 bits per heavy atom. The van der Waals surface area contributed by atoms with Crippen LogP contribution < -0.4 is 4.74 Å². The monoisotopic (exact) mass is 331 g/mol. The van der Waals surface area contributed by atoms with Gasteiger partial charge >= 0.3 is 6.16 Å². The molecule has 2 aromatic carbocycles. The average Bonchev–Trinajstić information content (AvgIpc) is 2.53. The Labute approximate surface area is 138 Å². The first kappa shape index (κ1) is 17.3. The molecule has 1 unspecified atom stereocenters. The van der Waals surface area contributed by atoms with Gasteiger partial charge in [0.05, 0.1) is 11.0 Å². The molecular formula is C17H17NO6. The molecule has 0 aromatic heterocycles. The maximum atomic E-state index is 11.0. The van der Waals surface area contributed by atoms with Crippen molar-refractivity contribution < 1.29 is 24.3 Å². The van der Waals surface area contributed by atoms with Gasteiger partial charge in [0, 0.05) is 12.1 Å². The summed E-state index contributed by atoms with van der Waals surface area (Å²) in [5.74, 6) is 0.659. The van der Waals surface area contributed by atoms with E-state index < -0.39 is 17.2 Å². The van der Waals surface area contributed by atoms with Crippen molar-refractivity contribution in [2.75, 3.05) is 0 Å². The first-order valence-corrected chi connectivity index (χ1v) is 7.27. The lowest BCUT2D eigenvalue weighted by molar-refractivity contribution is -0.384. The summed E-state index contributed by atoms with van der Waals surface area (Å²) >= 11 is 0. The average molecular weight is 331 g/mol. The number of ether oxygens (including phenoxy) is 2. The molecule has 0 radical (unpaired) electrons. The van der Waals surface area contributed by atoms with Crippen molar-refractivity contribution in [1.29, 1.82) is 0 Å². The van der Waals surface area contributed by atoms with Crippen LogP contribution in [0.2, 0.25) is 0 Å². The third-order valence-electron chi connectivity index (χ3n) is 3.18. The minimum atomic E-state index is -1.43. The number of hydrogen-bond acceptors (Lipinski definition) is 5. The first-order chi connectivity index (χ1) is 11.4. The van der Waals surface area contributed by atoms with Gasteiger partial charge in [-0.2, -0.15) is 0 Å². The second-order valence-electron chi connectivity index (χ2n) is 5.35. The van der Waals surface area contributed by atoms with Crippen LogP contribution in [0.1, 0.15) is 31.1 Å². The first-order valence-electron chi connectivity index (χ1n) is 7.27.